The number of esters is 1. The SMILES string of the molecule is CCOc1cc(C(=O)OC)cc2sc(N3C4CCC3CC(NCc3c(-c5c(Cl)cccc5Cl)noc3C3CC3)C4)nc12. The molecule has 220 valence electrons. The van der Waals surface area contributed by atoms with Gasteiger partial charge in [0.25, 0.3) is 0 Å². The number of aromatic nitrogens is 2. The number of piperidine rings is 1. The highest BCUT2D eigenvalue weighted by molar-refractivity contribution is 7.22. The van der Waals surface area contributed by atoms with Gasteiger partial charge in [0.15, 0.2) is 5.13 Å². The molecule has 2 saturated heterocycles. The predicted molar refractivity (Wildman–Crippen MR) is 165 cm³/mol. The first-order valence-corrected chi connectivity index (χ1v) is 16.1. The maximum Gasteiger partial charge on any atom is 0.338 e. The molecule has 2 aromatic heterocycles. The molecule has 2 aliphatic heterocycles. The van der Waals surface area contributed by atoms with Gasteiger partial charge in [0.05, 0.1) is 34.0 Å². The van der Waals surface area contributed by atoms with Crippen molar-refractivity contribution < 1.29 is 18.8 Å². The third-order valence-electron chi connectivity index (χ3n) is 8.66. The highest BCUT2D eigenvalue weighted by atomic mass is 35.5. The molecule has 0 spiro atoms. The Kier molecular flexibility index (Phi) is 7.54. The number of carbonyl (C=O) groups excluding carboxylic acids is 1. The van der Waals surface area contributed by atoms with Gasteiger partial charge < -0.3 is 24.2 Å². The molecule has 7 rings (SSSR count). The second kappa shape index (κ2) is 11.3. The number of fused-ring (bicyclic) bond motifs is 3. The molecule has 2 unspecified atom stereocenters. The van der Waals surface area contributed by atoms with Crippen LogP contribution < -0.4 is 15.0 Å². The van der Waals surface area contributed by atoms with Crippen LogP contribution in [0.4, 0.5) is 5.13 Å². The van der Waals surface area contributed by atoms with E-state index in [1.165, 1.54) is 7.11 Å². The van der Waals surface area contributed by atoms with Crippen molar-refractivity contribution in [3.8, 4) is 17.0 Å². The van der Waals surface area contributed by atoms with Crippen LogP contribution in [0.15, 0.2) is 34.9 Å². The van der Waals surface area contributed by atoms with Crippen LogP contribution in [0.25, 0.3) is 21.5 Å². The molecule has 0 amide bonds. The van der Waals surface area contributed by atoms with Crippen molar-refractivity contribution in [3.63, 3.8) is 0 Å². The van der Waals surface area contributed by atoms with E-state index in [-0.39, 0.29) is 5.97 Å². The molecule has 2 atom stereocenters. The van der Waals surface area contributed by atoms with Crippen molar-refractivity contribution in [2.75, 3.05) is 18.6 Å². The first-order chi connectivity index (χ1) is 20.4. The molecule has 2 bridgehead atoms. The Morgan fingerprint density at radius 3 is 2.55 bits per heavy atom. The number of rotatable bonds is 9. The zero-order chi connectivity index (χ0) is 29.0. The molecule has 4 heterocycles. The van der Waals surface area contributed by atoms with Gasteiger partial charge in [-0.1, -0.05) is 45.8 Å². The molecule has 0 radical (unpaired) electrons. The molecule has 1 saturated carbocycles. The van der Waals surface area contributed by atoms with Crippen molar-refractivity contribution in [1.29, 1.82) is 0 Å². The van der Waals surface area contributed by atoms with Gasteiger partial charge in [-0.2, -0.15) is 0 Å². The summed E-state index contributed by atoms with van der Waals surface area (Å²) in [6.07, 6.45) is 6.54. The number of benzene rings is 2. The monoisotopic (exact) mass is 626 g/mol. The van der Waals surface area contributed by atoms with Crippen LogP contribution in [0.2, 0.25) is 10.0 Å². The molecule has 4 aromatic rings. The Bertz CT molecular complexity index is 1620. The van der Waals surface area contributed by atoms with Crippen molar-refractivity contribution in [3.05, 3.63) is 57.3 Å². The van der Waals surface area contributed by atoms with Crippen LogP contribution in [-0.2, 0) is 11.3 Å². The maximum atomic E-state index is 12.3. The fraction of sp³-hybridized carbons (Fsp3) is 0.452. The average molecular weight is 628 g/mol. The minimum absolute atomic E-state index is 0.356. The van der Waals surface area contributed by atoms with E-state index in [1.54, 1.807) is 17.4 Å². The summed E-state index contributed by atoms with van der Waals surface area (Å²) >= 11 is 14.8. The van der Waals surface area contributed by atoms with Gasteiger partial charge in [-0.3, -0.25) is 0 Å². The molecular weight excluding hydrogens is 595 g/mol. The van der Waals surface area contributed by atoms with Crippen LogP contribution in [0.5, 0.6) is 5.75 Å². The van der Waals surface area contributed by atoms with E-state index < -0.39 is 0 Å². The van der Waals surface area contributed by atoms with E-state index in [1.807, 2.05) is 31.2 Å². The highest BCUT2D eigenvalue weighted by Crippen LogP contribution is 2.47. The molecular formula is C31H32Cl2N4O4S. The summed E-state index contributed by atoms with van der Waals surface area (Å²) in [6, 6.07) is 10.3. The number of nitrogens with zero attached hydrogens (tertiary/aromatic N) is 3. The number of thiazole rings is 1. The van der Waals surface area contributed by atoms with E-state index in [9.17, 15) is 4.79 Å². The van der Waals surface area contributed by atoms with Crippen LogP contribution in [0.1, 0.15) is 73.0 Å². The average Bonchev–Trinajstić information content (AvgIpc) is 3.50. The van der Waals surface area contributed by atoms with Crippen molar-refractivity contribution in [2.45, 2.75) is 76.0 Å². The molecule has 3 aliphatic rings. The van der Waals surface area contributed by atoms with Gasteiger partial charge in [-0.15, -0.1) is 0 Å². The Morgan fingerprint density at radius 2 is 1.88 bits per heavy atom. The third kappa shape index (κ3) is 5.04. The highest BCUT2D eigenvalue weighted by Gasteiger charge is 2.42. The second-order valence-corrected chi connectivity index (χ2v) is 13.2. The Balaban J connectivity index is 1.11. The summed E-state index contributed by atoms with van der Waals surface area (Å²) in [5, 5.41) is 10.4. The second-order valence-electron chi connectivity index (χ2n) is 11.3. The predicted octanol–water partition coefficient (Wildman–Crippen LogP) is 7.61. The van der Waals surface area contributed by atoms with E-state index in [4.69, 9.17) is 42.2 Å². The Morgan fingerprint density at radius 1 is 1.14 bits per heavy atom. The van der Waals surface area contributed by atoms with Gasteiger partial charge in [0.1, 0.15) is 22.7 Å². The normalized spacial score (nSPS) is 21.7. The minimum atomic E-state index is -0.377. The number of ether oxygens (including phenoxy) is 2. The summed E-state index contributed by atoms with van der Waals surface area (Å²) in [4.78, 5) is 19.8. The van der Waals surface area contributed by atoms with E-state index in [0.717, 1.165) is 76.5 Å². The number of halogens is 2. The molecule has 2 aromatic carbocycles. The third-order valence-corrected chi connectivity index (χ3v) is 10.3. The molecule has 1 aliphatic carbocycles. The summed E-state index contributed by atoms with van der Waals surface area (Å²) in [7, 11) is 1.39. The minimum Gasteiger partial charge on any atom is -0.492 e. The fourth-order valence-electron chi connectivity index (χ4n) is 6.58. The zero-order valence-corrected chi connectivity index (χ0v) is 25.8. The van der Waals surface area contributed by atoms with Crippen molar-refractivity contribution in [2.24, 2.45) is 0 Å². The van der Waals surface area contributed by atoms with Crippen LogP contribution in [-0.4, -0.2) is 48.0 Å². The fourth-order valence-corrected chi connectivity index (χ4v) is 8.32. The first kappa shape index (κ1) is 28.0. The summed E-state index contributed by atoms with van der Waals surface area (Å²) < 4.78 is 17.6. The standard InChI is InChI=1S/C31H32Cl2N4O4S/c1-3-40-24-11-17(30(38)39-2)12-25-28(24)35-31(42-25)37-19-9-10-20(37)14-18(13-19)34-15-21-27(36-41-29(21)16-7-8-16)26-22(32)5-4-6-23(26)33/h4-6,11-12,16,18-20,34H,3,7-10,13-15H2,1-2H3. The lowest BCUT2D eigenvalue weighted by Gasteiger charge is -2.39. The number of methoxy groups -OCH3 is 1. The largest absolute Gasteiger partial charge is 0.492 e. The molecule has 42 heavy (non-hydrogen) atoms. The summed E-state index contributed by atoms with van der Waals surface area (Å²) in [5.74, 6) is 1.62. The van der Waals surface area contributed by atoms with Gasteiger partial charge in [-0.05, 0) is 69.7 Å². The zero-order valence-electron chi connectivity index (χ0n) is 23.5. The lowest BCUT2D eigenvalue weighted by Crippen LogP contribution is -2.49. The smallest absolute Gasteiger partial charge is 0.338 e. The number of hydrogen-bond acceptors (Lipinski definition) is 9. The Labute approximate surface area is 258 Å². The van der Waals surface area contributed by atoms with Gasteiger partial charge >= 0.3 is 5.97 Å². The number of hydrogen-bond donors (Lipinski definition) is 1. The number of nitrogens with one attached hydrogen (secondary N) is 1. The lowest BCUT2D eigenvalue weighted by atomic mass is 9.97. The van der Waals surface area contributed by atoms with Crippen molar-refractivity contribution >= 4 is 55.9 Å². The lowest BCUT2D eigenvalue weighted by molar-refractivity contribution is 0.0600. The van der Waals surface area contributed by atoms with Crippen LogP contribution >= 0.6 is 34.5 Å². The topological polar surface area (TPSA) is 89.7 Å². The van der Waals surface area contributed by atoms with E-state index in [2.05, 4.69) is 15.4 Å². The van der Waals surface area contributed by atoms with Gasteiger partial charge in [0.2, 0.25) is 0 Å². The van der Waals surface area contributed by atoms with Crippen LogP contribution in [0.3, 0.4) is 0 Å². The van der Waals surface area contributed by atoms with E-state index in [0.29, 0.717) is 58.6 Å². The molecule has 11 heteroatoms. The maximum absolute atomic E-state index is 12.3. The number of carbonyl (C=O) groups is 1. The molecule has 3 fully saturated rings. The van der Waals surface area contributed by atoms with Gasteiger partial charge in [0, 0.05) is 41.7 Å². The van der Waals surface area contributed by atoms with Crippen LogP contribution in [0, 0.1) is 0 Å². The van der Waals surface area contributed by atoms with Gasteiger partial charge in [-0.25, -0.2) is 9.78 Å². The molecule has 8 nitrogen and oxygen atoms in total. The summed E-state index contributed by atoms with van der Waals surface area (Å²) in [6.45, 7) is 3.08. The molecule has 1 N–H and O–H groups in total. The Hall–Kier alpha value is -2.85. The van der Waals surface area contributed by atoms with E-state index >= 15 is 0 Å². The first-order valence-electron chi connectivity index (χ1n) is 14.5. The summed E-state index contributed by atoms with van der Waals surface area (Å²) in [5.41, 5.74) is 3.83. The number of anilines is 1. The quantitative estimate of drug-likeness (QED) is 0.190. The van der Waals surface area contributed by atoms with Crippen molar-refractivity contribution in [1.82, 2.24) is 15.5 Å².